The summed E-state index contributed by atoms with van der Waals surface area (Å²) in [6.45, 7) is 1.95. The third-order valence-electron chi connectivity index (χ3n) is 1.71. The molecule has 0 bridgehead atoms. The fourth-order valence-corrected chi connectivity index (χ4v) is 1.95. The average Bonchev–Trinajstić information content (AvgIpc) is 2.07. The number of anilines is 2. The van der Waals surface area contributed by atoms with Gasteiger partial charge in [-0.2, -0.15) is 0 Å². The van der Waals surface area contributed by atoms with Crippen molar-refractivity contribution in [1.29, 1.82) is 0 Å². The van der Waals surface area contributed by atoms with Gasteiger partial charge in [0, 0.05) is 35.0 Å². The van der Waals surface area contributed by atoms with Crippen molar-refractivity contribution < 1.29 is 4.21 Å². The molecule has 0 saturated carbocycles. The van der Waals surface area contributed by atoms with E-state index in [-0.39, 0.29) is 6.04 Å². The van der Waals surface area contributed by atoms with Gasteiger partial charge in [0.2, 0.25) is 0 Å². The van der Waals surface area contributed by atoms with Crippen LogP contribution in [0.5, 0.6) is 0 Å². The number of aromatic nitrogens is 1. The summed E-state index contributed by atoms with van der Waals surface area (Å²) < 4.78 is 10.9. The Hall–Kier alpha value is -1.10. The Kier molecular flexibility index (Phi) is 3.88. The summed E-state index contributed by atoms with van der Waals surface area (Å²) in [4.78, 5) is 4.09. The molecule has 1 rings (SSSR count). The van der Waals surface area contributed by atoms with Gasteiger partial charge >= 0.3 is 0 Å². The number of nitrogens with two attached hydrogens (primary N) is 1. The standard InChI is InChI=1S/C9H15N3OS/c1-7(6-14(2)13)12-9-8(10)4-3-5-11-9/h3-5,7H,6,10H2,1-2H3,(H,11,12). The van der Waals surface area contributed by atoms with Gasteiger partial charge in [0.05, 0.1) is 5.69 Å². The summed E-state index contributed by atoms with van der Waals surface area (Å²) in [6.07, 6.45) is 3.36. The number of pyridine rings is 1. The number of rotatable bonds is 4. The minimum atomic E-state index is -0.807. The second-order valence-electron chi connectivity index (χ2n) is 3.23. The lowest BCUT2D eigenvalue weighted by atomic mass is 10.3. The van der Waals surface area contributed by atoms with Gasteiger partial charge in [-0.15, -0.1) is 0 Å². The van der Waals surface area contributed by atoms with E-state index in [1.807, 2.05) is 6.92 Å². The van der Waals surface area contributed by atoms with Gasteiger partial charge < -0.3 is 11.1 Å². The van der Waals surface area contributed by atoms with Crippen molar-refractivity contribution in [2.75, 3.05) is 23.1 Å². The Morgan fingerprint density at radius 2 is 2.43 bits per heavy atom. The van der Waals surface area contributed by atoms with E-state index in [2.05, 4.69) is 10.3 Å². The first-order valence-electron chi connectivity index (χ1n) is 4.36. The third-order valence-corrected chi connectivity index (χ3v) is 2.68. The van der Waals surface area contributed by atoms with E-state index in [1.165, 1.54) is 0 Å². The molecule has 0 amide bonds. The first kappa shape index (κ1) is 11.0. The van der Waals surface area contributed by atoms with Gasteiger partial charge in [0.15, 0.2) is 0 Å². The van der Waals surface area contributed by atoms with Crippen molar-refractivity contribution in [3.8, 4) is 0 Å². The van der Waals surface area contributed by atoms with Crippen LogP contribution in [0.4, 0.5) is 11.5 Å². The minimum absolute atomic E-state index is 0.109. The Balaban J connectivity index is 2.60. The quantitative estimate of drug-likeness (QED) is 0.778. The largest absolute Gasteiger partial charge is 0.396 e. The predicted molar refractivity (Wildman–Crippen MR) is 60.7 cm³/mol. The third kappa shape index (κ3) is 3.33. The molecule has 3 N–H and O–H groups in total. The number of nitrogen functional groups attached to an aromatic ring is 1. The van der Waals surface area contributed by atoms with Crippen LogP contribution in [0.1, 0.15) is 6.92 Å². The molecule has 0 aliphatic heterocycles. The Labute approximate surface area is 86.4 Å². The van der Waals surface area contributed by atoms with Crippen molar-refractivity contribution in [2.45, 2.75) is 13.0 Å². The second kappa shape index (κ2) is 4.95. The fraction of sp³-hybridized carbons (Fsp3) is 0.444. The molecule has 0 aliphatic carbocycles. The zero-order chi connectivity index (χ0) is 10.6. The van der Waals surface area contributed by atoms with Crippen molar-refractivity contribution in [3.63, 3.8) is 0 Å². The smallest absolute Gasteiger partial charge is 0.149 e. The summed E-state index contributed by atoms with van der Waals surface area (Å²) in [5.74, 6) is 1.25. The van der Waals surface area contributed by atoms with Crippen LogP contribution in [0, 0.1) is 0 Å². The summed E-state index contributed by atoms with van der Waals surface area (Å²) in [6, 6.07) is 3.67. The highest BCUT2D eigenvalue weighted by molar-refractivity contribution is 7.84. The molecule has 0 fully saturated rings. The average molecular weight is 213 g/mol. The minimum Gasteiger partial charge on any atom is -0.396 e. The van der Waals surface area contributed by atoms with Gasteiger partial charge in [-0.3, -0.25) is 4.21 Å². The van der Waals surface area contributed by atoms with E-state index in [1.54, 1.807) is 24.6 Å². The molecule has 0 aliphatic rings. The summed E-state index contributed by atoms with van der Waals surface area (Å²) in [7, 11) is -0.807. The molecule has 4 nitrogen and oxygen atoms in total. The number of hydrogen-bond donors (Lipinski definition) is 2. The summed E-state index contributed by atoms with van der Waals surface area (Å²) in [5, 5.41) is 3.11. The van der Waals surface area contributed by atoms with Crippen LogP contribution >= 0.6 is 0 Å². The van der Waals surface area contributed by atoms with Crippen LogP contribution in [0.3, 0.4) is 0 Å². The van der Waals surface area contributed by atoms with Gasteiger partial charge in [-0.05, 0) is 19.1 Å². The topological polar surface area (TPSA) is 68.0 Å². The summed E-state index contributed by atoms with van der Waals surface area (Å²) >= 11 is 0. The first-order chi connectivity index (χ1) is 6.59. The van der Waals surface area contributed by atoms with Crippen molar-refractivity contribution in [1.82, 2.24) is 4.98 Å². The van der Waals surface area contributed by atoms with E-state index >= 15 is 0 Å². The van der Waals surface area contributed by atoms with Gasteiger partial charge in [0.25, 0.3) is 0 Å². The fourth-order valence-electron chi connectivity index (χ4n) is 1.17. The number of nitrogens with zero attached hydrogens (tertiary/aromatic N) is 1. The van der Waals surface area contributed by atoms with Crippen LogP contribution in [-0.4, -0.2) is 27.2 Å². The maximum absolute atomic E-state index is 10.9. The predicted octanol–water partition coefficient (Wildman–Crippen LogP) is 0.843. The van der Waals surface area contributed by atoms with Gasteiger partial charge in [-0.1, -0.05) is 0 Å². The van der Waals surface area contributed by atoms with E-state index < -0.39 is 10.8 Å². The van der Waals surface area contributed by atoms with Crippen LogP contribution in [-0.2, 0) is 10.8 Å². The first-order valence-corrected chi connectivity index (χ1v) is 6.09. The zero-order valence-corrected chi connectivity index (χ0v) is 9.17. The molecule has 14 heavy (non-hydrogen) atoms. The summed E-state index contributed by atoms with van der Waals surface area (Å²) in [5.41, 5.74) is 6.31. The molecule has 0 aromatic carbocycles. The van der Waals surface area contributed by atoms with E-state index in [0.29, 0.717) is 17.3 Å². The molecule has 5 heteroatoms. The molecule has 0 saturated heterocycles. The molecule has 1 aromatic heterocycles. The zero-order valence-electron chi connectivity index (χ0n) is 8.36. The molecule has 78 valence electrons. The lowest BCUT2D eigenvalue weighted by Crippen LogP contribution is -2.23. The number of hydrogen-bond acceptors (Lipinski definition) is 4. The lowest BCUT2D eigenvalue weighted by Gasteiger charge is -2.14. The SMILES string of the molecule is CC(CS(C)=O)Nc1ncccc1N. The molecule has 1 heterocycles. The maximum atomic E-state index is 10.9. The van der Waals surface area contributed by atoms with E-state index in [4.69, 9.17) is 5.73 Å². The molecular formula is C9H15N3OS. The highest BCUT2D eigenvalue weighted by Crippen LogP contribution is 2.13. The Bertz CT molecular complexity index is 330. The Morgan fingerprint density at radius 1 is 1.71 bits per heavy atom. The molecule has 2 atom stereocenters. The lowest BCUT2D eigenvalue weighted by molar-refractivity contribution is 0.683. The second-order valence-corrected chi connectivity index (χ2v) is 4.71. The van der Waals surface area contributed by atoms with Crippen LogP contribution < -0.4 is 11.1 Å². The van der Waals surface area contributed by atoms with Crippen LogP contribution in [0.15, 0.2) is 18.3 Å². The Morgan fingerprint density at radius 3 is 3.00 bits per heavy atom. The maximum Gasteiger partial charge on any atom is 0.149 e. The highest BCUT2D eigenvalue weighted by atomic mass is 32.2. The normalized spacial score (nSPS) is 14.7. The van der Waals surface area contributed by atoms with Crippen LogP contribution in [0.2, 0.25) is 0 Å². The molecule has 0 radical (unpaired) electrons. The molecular weight excluding hydrogens is 198 g/mol. The van der Waals surface area contributed by atoms with E-state index in [0.717, 1.165) is 0 Å². The van der Waals surface area contributed by atoms with Crippen LogP contribution in [0.25, 0.3) is 0 Å². The molecule has 2 unspecified atom stereocenters. The molecule has 1 aromatic rings. The van der Waals surface area contributed by atoms with Crippen molar-refractivity contribution in [2.24, 2.45) is 0 Å². The van der Waals surface area contributed by atoms with Crippen molar-refractivity contribution >= 4 is 22.3 Å². The van der Waals surface area contributed by atoms with E-state index in [9.17, 15) is 4.21 Å². The van der Waals surface area contributed by atoms with Gasteiger partial charge in [0.1, 0.15) is 5.82 Å². The highest BCUT2D eigenvalue weighted by Gasteiger charge is 2.06. The van der Waals surface area contributed by atoms with Gasteiger partial charge in [-0.25, -0.2) is 4.98 Å². The molecule has 0 spiro atoms. The monoisotopic (exact) mass is 213 g/mol. The van der Waals surface area contributed by atoms with Crippen molar-refractivity contribution in [3.05, 3.63) is 18.3 Å². The number of nitrogens with one attached hydrogen (secondary N) is 1.